The molecule has 0 aromatic rings. The van der Waals surface area contributed by atoms with Crippen LogP contribution in [0.25, 0.3) is 0 Å². The van der Waals surface area contributed by atoms with Crippen molar-refractivity contribution in [3.05, 3.63) is 0 Å². The van der Waals surface area contributed by atoms with Crippen LogP contribution in [0.15, 0.2) is 0 Å². The van der Waals surface area contributed by atoms with E-state index in [-0.39, 0.29) is 23.0 Å². The predicted molar refractivity (Wildman–Crippen MR) is 84.9 cm³/mol. The maximum atomic E-state index is 9.14. The highest BCUT2D eigenvalue weighted by Crippen LogP contribution is 2.25. The van der Waals surface area contributed by atoms with E-state index in [1.165, 1.54) is 0 Å². The standard InChI is InChI=1S/C5H12NO2.C5H10OS.C4H9NO2/c1-6(8)3-2-5(7)4-6;1-4-5(6)2-3-7-4;6-4-1-2-5(7)3-4/h5,7-8H,2-4H2,1H3;4-6H,2-3H2,1H3;4,6-7H,1-3H2/q+1;;/t5-,6?;4-,5-;4-/m000/s1. The first-order chi connectivity index (χ1) is 10.2. The fourth-order valence-corrected chi connectivity index (χ4v) is 3.62. The van der Waals surface area contributed by atoms with Gasteiger partial charge in [0.2, 0.25) is 0 Å². The Hall–Kier alpha value is 0.0700. The first kappa shape index (κ1) is 20.1. The maximum absolute atomic E-state index is 9.14. The summed E-state index contributed by atoms with van der Waals surface area (Å²) < 4.78 is -0.0127. The number of likely N-dealkylation sites (tertiary alicyclic amines) is 1. The molecular formula is C14H31N2O5S+. The molecule has 7 nitrogen and oxygen atoms in total. The number of rotatable bonds is 0. The molecule has 0 aromatic heterocycles. The number of quaternary nitrogens is 1. The first-order valence-electron chi connectivity index (χ1n) is 7.86. The second kappa shape index (κ2) is 9.39. The van der Waals surface area contributed by atoms with Gasteiger partial charge in [0.25, 0.3) is 0 Å². The monoisotopic (exact) mass is 339 g/mol. The Kier molecular flexibility index (Phi) is 8.58. The minimum Gasteiger partial charge on any atom is -0.392 e. The van der Waals surface area contributed by atoms with Gasteiger partial charge >= 0.3 is 0 Å². The number of aliphatic hydroxyl groups is 3. The fraction of sp³-hybridized carbons (Fsp3) is 1.00. The van der Waals surface area contributed by atoms with Crippen LogP contribution in [0.3, 0.4) is 0 Å². The number of thioether (sulfide) groups is 1. The lowest BCUT2D eigenvalue weighted by atomic mass is 10.2. The van der Waals surface area contributed by atoms with Crippen molar-refractivity contribution in [2.45, 2.75) is 49.7 Å². The lowest BCUT2D eigenvalue weighted by Crippen LogP contribution is -2.38. The van der Waals surface area contributed by atoms with Gasteiger partial charge in [0, 0.05) is 24.8 Å². The first-order valence-corrected chi connectivity index (χ1v) is 8.91. The summed E-state index contributed by atoms with van der Waals surface area (Å²) in [5.74, 6) is 1.14. The van der Waals surface area contributed by atoms with Crippen molar-refractivity contribution >= 4 is 11.8 Å². The van der Waals surface area contributed by atoms with Gasteiger partial charge in [-0.2, -0.15) is 21.5 Å². The Morgan fingerprint density at radius 2 is 1.77 bits per heavy atom. The van der Waals surface area contributed by atoms with Gasteiger partial charge in [-0.3, -0.25) is 0 Å². The molecule has 0 aliphatic carbocycles. The minimum absolute atomic E-state index is 0.0127. The van der Waals surface area contributed by atoms with E-state index in [2.05, 4.69) is 6.92 Å². The summed E-state index contributed by atoms with van der Waals surface area (Å²) in [5, 5.41) is 45.9. The van der Waals surface area contributed by atoms with Crippen LogP contribution in [0, 0.1) is 0 Å². The van der Waals surface area contributed by atoms with Crippen molar-refractivity contribution in [1.29, 1.82) is 0 Å². The van der Waals surface area contributed by atoms with Crippen molar-refractivity contribution in [3.8, 4) is 0 Å². The predicted octanol–water partition coefficient (Wildman–Crippen LogP) is -0.0983. The Balaban J connectivity index is 0.000000166. The molecule has 5 atom stereocenters. The number of hydroxylamine groups is 5. The molecule has 3 heterocycles. The molecule has 0 amide bonds. The molecule has 0 saturated carbocycles. The van der Waals surface area contributed by atoms with Gasteiger partial charge in [0.05, 0.1) is 19.3 Å². The van der Waals surface area contributed by atoms with Crippen molar-refractivity contribution in [3.63, 3.8) is 0 Å². The molecule has 22 heavy (non-hydrogen) atoms. The topological polar surface area (TPSA) is 104 Å². The van der Waals surface area contributed by atoms with Crippen LogP contribution >= 0.6 is 11.8 Å². The molecule has 0 spiro atoms. The zero-order chi connectivity index (χ0) is 16.8. The van der Waals surface area contributed by atoms with Gasteiger partial charge in [-0.05, 0) is 18.6 Å². The van der Waals surface area contributed by atoms with Gasteiger partial charge in [-0.25, -0.2) is 5.21 Å². The molecule has 0 aromatic carbocycles. The molecule has 3 rings (SSSR count). The zero-order valence-electron chi connectivity index (χ0n) is 13.5. The van der Waals surface area contributed by atoms with Crippen LogP contribution in [0.1, 0.15) is 26.2 Å². The molecular weight excluding hydrogens is 308 g/mol. The summed E-state index contributed by atoms with van der Waals surface area (Å²) >= 11 is 1.86. The van der Waals surface area contributed by atoms with E-state index in [1.807, 2.05) is 11.8 Å². The van der Waals surface area contributed by atoms with Gasteiger partial charge < -0.3 is 20.5 Å². The van der Waals surface area contributed by atoms with Gasteiger partial charge in [-0.15, -0.1) is 0 Å². The number of aliphatic hydroxyl groups excluding tert-OH is 3. The van der Waals surface area contributed by atoms with E-state index in [1.54, 1.807) is 7.05 Å². The molecule has 3 saturated heterocycles. The SMILES string of the molecule is C[C@@H]1SCC[C@@H]1O.C[N+]1(O)CC[C@H](O)C1.O[C@H]1CCN(O)C1. The Morgan fingerprint density at radius 1 is 1.09 bits per heavy atom. The number of β-amino-alcohol motifs (C(OH)–C–C–N with tert-alkyl or cyclic N) is 1. The quantitative estimate of drug-likeness (QED) is 0.393. The third kappa shape index (κ3) is 8.07. The van der Waals surface area contributed by atoms with Crippen LogP contribution in [0.4, 0.5) is 0 Å². The van der Waals surface area contributed by atoms with Crippen LogP contribution in [-0.2, 0) is 0 Å². The molecule has 1 unspecified atom stereocenters. The average Bonchev–Trinajstić information content (AvgIpc) is 3.06. The molecule has 3 fully saturated rings. The summed E-state index contributed by atoms with van der Waals surface area (Å²) in [5.41, 5.74) is 0. The average molecular weight is 339 g/mol. The molecule has 3 aliphatic rings. The third-order valence-corrected chi connectivity index (χ3v) is 5.34. The molecule has 5 N–H and O–H groups in total. The summed E-state index contributed by atoms with van der Waals surface area (Å²) in [4.78, 5) is 0. The minimum atomic E-state index is -0.301. The second-order valence-electron chi connectivity index (χ2n) is 6.47. The molecule has 0 radical (unpaired) electrons. The van der Waals surface area contributed by atoms with E-state index < -0.39 is 0 Å². The van der Waals surface area contributed by atoms with E-state index in [9.17, 15) is 0 Å². The highest BCUT2D eigenvalue weighted by Gasteiger charge is 2.31. The van der Waals surface area contributed by atoms with Gasteiger partial charge in [0.15, 0.2) is 0 Å². The lowest BCUT2D eigenvalue weighted by Gasteiger charge is -2.17. The van der Waals surface area contributed by atoms with Crippen molar-refractivity contribution in [2.24, 2.45) is 0 Å². The van der Waals surface area contributed by atoms with Crippen LogP contribution in [0.5, 0.6) is 0 Å². The summed E-state index contributed by atoms with van der Waals surface area (Å²) in [7, 11) is 1.70. The normalized spacial score (nSPS) is 41.6. The van der Waals surface area contributed by atoms with E-state index in [0.717, 1.165) is 23.7 Å². The second-order valence-corrected chi connectivity index (χ2v) is 7.96. The van der Waals surface area contributed by atoms with Crippen molar-refractivity contribution < 1.29 is 30.4 Å². The number of hydrogen-bond donors (Lipinski definition) is 5. The summed E-state index contributed by atoms with van der Waals surface area (Å²) in [6.07, 6.45) is 1.81. The maximum Gasteiger partial charge on any atom is 0.135 e. The number of nitrogens with zero attached hydrogens (tertiary/aromatic N) is 2. The Morgan fingerprint density at radius 3 is 1.91 bits per heavy atom. The van der Waals surface area contributed by atoms with E-state index >= 15 is 0 Å². The smallest absolute Gasteiger partial charge is 0.135 e. The van der Waals surface area contributed by atoms with Crippen molar-refractivity contribution in [2.75, 3.05) is 39.0 Å². The van der Waals surface area contributed by atoms with E-state index in [0.29, 0.717) is 37.8 Å². The highest BCUT2D eigenvalue weighted by molar-refractivity contribution is 8.00. The summed E-state index contributed by atoms with van der Waals surface area (Å²) in [6.45, 7) is 4.27. The molecule has 132 valence electrons. The summed E-state index contributed by atoms with van der Waals surface area (Å²) in [6, 6.07) is 0. The van der Waals surface area contributed by atoms with Crippen LogP contribution in [0.2, 0.25) is 0 Å². The Labute approximate surface area is 136 Å². The van der Waals surface area contributed by atoms with Gasteiger partial charge in [-0.1, -0.05) is 6.92 Å². The highest BCUT2D eigenvalue weighted by atomic mass is 32.2. The zero-order valence-corrected chi connectivity index (χ0v) is 14.3. The number of likely N-dealkylation sites (N-methyl/N-ethyl adjacent to an activating group) is 1. The van der Waals surface area contributed by atoms with Crippen molar-refractivity contribution in [1.82, 2.24) is 5.06 Å². The molecule has 8 heteroatoms. The van der Waals surface area contributed by atoms with Crippen LogP contribution < -0.4 is 0 Å². The third-order valence-electron chi connectivity index (χ3n) is 4.03. The van der Waals surface area contributed by atoms with E-state index in [4.69, 9.17) is 25.7 Å². The lowest BCUT2D eigenvalue weighted by molar-refractivity contribution is -1.08. The van der Waals surface area contributed by atoms with Gasteiger partial charge in [0.1, 0.15) is 19.2 Å². The number of hydrogen-bond acceptors (Lipinski definition) is 7. The fourth-order valence-electron chi connectivity index (χ4n) is 2.51. The Bertz CT molecular complexity index is 306. The largest absolute Gasteiger partial charge is 0.392 e. The molecule has 0 bridgehead atoms. The van der Waals surface area contributed by atoms with Crippen LogP contribution in [-0.4, -0.2) is 98.0 Å². The molecule has 3 aliphatic heterocycles.